The van der Waals surface area contributed by atoms with Gasteiger partial charge in [0, 0.05) is 11.1 Å². The van der Waals surface area contributed by atoms with E-state index in [9.17, 15) is 14.9 Å². The quantitative estimate of drug-likeness (QED) is 0.0250. The topological polar surface area (TPSA) is 271 Å². The zero-order valence-corrected chi connectivity index (χ0v) is 58.5. The number of anilines is 2. The van der Waals surface area contributed by atoms with Crippen LogP contribution in [0.4, 0.5) is 20.4 Å². The fraction of sp³-hybridized carbons (Fsp3) is 0.228. The summed E-state index contributed by atoms with van der Waals surface area (Å²) in [6.45, 7) is -1.32. The first-order chi connectivity index (χ1) is 51.9. The number of benzene rings is 8. The fourth-order valence-electron chi connectivity index (χ4n) is 13.2. The molecule has 2 saturated heterocycles. The lowest BCUT2D eigenvalue weighted by Gasteiger charge is -2.39. The highest BCUT2D eigenvalue weighted by Gasteiger charge is 2.55. The molecule has 14 rings (SSSR count). The molecule has 0 radical (unpaired) electrons. The number of rotatable bonds is 29. The first-order valence-corrected chi connectivity index (χ1v) is 34.8. The number of nitrogens with one attached hydrogen (secondary N) is 2. The Morgan fingerprint density at radius 1 is 0.481 bits per heavy atom. The number of halogens is 2. The highest BCUT2D eigenvalue weighted by molar-refractivity contribution is 7.41. The number of hydrogen-bond acceptors (Lipinski definition) is 20. The van der Waals surface area contributed by atoms with Crippen LogP contribution in [0.25, 0.3) is 22.3 Å². The number of methoxy groups -OCH3 is 4. The van der Waals surface area contributed by atoms with Crippen molar-refractivity contribution < 1.29 is 69.8 Å². The Morgan fingerprint density at radius 3 is 1.33 bits per heavy atom. The molecule has 9 atom stereocenters. The van der Waals surface area contributed by atoms with Crippen LogP contribution in [0, 0.1) is 11.3 Å². The van der Waals surface area contributed by atoms with Crippen LogP contribution in [0.15, 0.2) is 244 Å². The van der Waals surface area contributed by atoms with Crippen molar-refractivity contribution in [3.8, 4) is 29.1 Å². The Hall–Kier alpha value is -11.5. The molecule has 0 spiro atoms. The van der Waals surface area contributed by atoms with Crippen LogP contribution >= 0.6 is 8.60 Å². The lowest BCUT2D eigenvalue weighted by molar-refractivity contribution is -0.115. The van der Waals surface area contributed by atoms with Crippen LogP contribution in [0.3, 0.4) is 0 Å². The molecule has 27 heteroatoms. The maximum atomic E-state index is 19.0. The molecule has 2 amide bonds. The Morgan fingerprint density at radius 2 is 0.887 bits per heavy atom. The van der Waals surface area contributed by atoms with E-state index >= 15 is 8.78 Å². The van der Waals surface area contributed by atoms with Gasteiger partial charge in [-0.15, -0.1) is 0 Å². The molecule has 6 heterocycles. The summed E-state index contributed by atoms with van der Waals surface area (Å²) in [6, 6.07) is 67.1. The van der Waals surface area contributed by atoms with Gasteiger partial charge in [0.2, 0.25) is 0 Å². The van der Waals surface area contributed by atoms with Crippen molar-refractivity contribution in [3.05, 3.63) is 288 Å². The van der Waals surface area contributed by atoms with E-state index in [4.69, 9.17) is 56.5 Å². The van der Waals surface area contributed by atoms with Gasteiger partial charge in [-0.05, 0) is 106 Å². The summed E-state index contributed by atoms with van der Waals surface area (Å²) in [6.07, 6.45) is -8.41. The SMILES string of the molecule is COc1ccc(C(OC[C@H]2O[C@@H](n3cnc4c(NC(=O)c5ccccc5)ncnc43)[C@H](F)[C@@H]2OP(OCCC#N)OC[C@H]2O[C@@H](n3cnc4c(NC(=O)c5ccccc5)ncnc43)[C@H](OC(c3ccccc3)(c3ccc(OC)cc3)c3ccc(OC)cc3)[C@H]2F)(c2ccccc2)c2ccc(OC)cc2)cc1. The van der Waals surface area contributed by atoms with Crippen LogP contribution in [-0.4, -0.2) is 136 Å². The van der Waals surface area contributed by atoms with Crippen molar-refractivity contribution in [1.82, 2.24) is 39.0 Å². The lowest BCUT2D eigenvalue weighted by atomic mass is 9.79. The molecule has 12 aromatic rings. The van der Waals surface area contributed by atoms with Crippen molar-refractivity contribution in [1.29, 1.82) is 5.26 Å². The Labute approximate surface area is 608 Å². The molecule has 24 nitrogen and oxygen atoms in total. The van der Waals surface area contributed by atoms with Crippen molar-refractivity contribution in [3.63, 3.8) is 0 Å². The van der Waals surface area contributed by atoms with Gasteiger partial charge in [0.15, 0.2) is 58.8 Å². The van der Waals surface area contributed by atoms with Gasteiger partial charge in [-0.3, -0.25) is 18.7 Å². The third-order valence-electron chi connectivity index (χ3n) is 18.4. The smallest absolute Gasteiger partial charge is 0.333 e. The molecule has 2 N–H and O–H groups in total. The van der Waals surface area contributed by atoms with Crippen LogP contribution in [0.5, 0.6) is 23.0 Å². The largest absolute Gasteiger partial charge is 0.497 e. The van der Waals surface area contributed by atoms with E-state index in [0.29, 0.717) is 67.5 Å². The van der Waals surface area contributed by atoms with E-state index in [-0.39, 0.29) is 47.0 Å². The zero-order valence-electron chi connectivity index (χ0n) is 57.6. The highest BCUT2D eigenvalue weighted by Crippen LogP contribution is 2.52. The molecule has 4 aromatic heterocycles. The molecule has 0 aliphatic carbocycles. The summed E-state index contributed by atoms with van der Waals surface area (Å²) in [5.41, 5.74) is 1.80. The first-order valence-electron chi connectivity index (χ1n) is 33.7. The number of nitriles is 1. The van der Waals surface area contributed by atoms with Crippen LogP contribution < -0.4 is 29.6 Å². The average molecular weight is 1450 g/mol. The third-order valence-corrected chi connectivity index (χ3v) is 19.6. The molecule has 2 aliphatic rings. The molecule has 106 heavy (non-hydrogen) atoms. The minimum absolute atomic E-state index is 0.0436. The van der Waals surface area contributed by atoms with Gasteiger partial charge in [-0.1, -0.05) is 146 Å². The number of fused-ring (bicyclic) bond motifs is 2. The second-order valence-electron chi connectivity index (χ2n) is 24.5. The standard InChI is InChI=1S/C79H70F2N11O13P/c1-95-58-34-26-54(27-35-58)78(52-22-13-7-14-23-52,55-28-36-59(96-2)37-29-55)99-44-63-68(65(81)76(103-63)91-48-87-66-70(83-46-85-72(66)91)89-74(93)50-18-9-5-10-19-50)105-106(100-43-17-42-82)101-45-62-64(80)69(77(102-62)92-49-88-67-71(84-47-86-73(67)92)90-75(94)51-20-11-6-12-21-51)104-79(53-24-15-8-16-25-53,56-30-38-60(97-3)39-31-56)57-32-40-61(98-4)41-33-57/h5-16,18-41,46-49,62-65,68-69,76-77H,17,43-45H2,1-4H3,(H,83,85,89,93)(H,84,86,90,94)/t62-,63-,64+,65-,68-,69-,76-,77-,106?/m1/s1. The van der Waals surface area contributed by atoms with Crippen LogP contribution in [0.1, 0.15) is 73.0 Å². The van der Waals surface area contributed by atoms with Gasteiger partial charge in [0.1, 0.15) is 71.3 Å². The summed E-state index contributed by atoms with van der Waals surface area (Å²) in [4.78, 5) is 54.5. The van der Waals surface area contributed by atoms with Gasteiger partial charge >= 0.3 is 8.60 Å². The molecular weight excluding hydrogens is 1380 g/mol. The van der Waals surface area contributed by atoms with Crippen molar-refractivity contribution in [2.24, 2.45) is 0 Å². The molecule has 2 fully saturated rings. The normalized spacial score (nSPS) is 19.0. The molecule has 0 saturated carbocycles. The average Bonchev–Trinajstić information content (AvgIpc) is 1.01. The molecule has 1 unspecified atom stereocenters. The van der Waals surface area contributed by atoms with Gasteiger partial charge in [0.25, 0.3) is 11.8 Å². The Kier molecular flexibility index (Phi) is 21.8. The number of carbonyl (C=O) groups excluding carboxylic acids is 2. The summed E-state index contributed by atoms with van der Waals surface area (Å²) < 4.78 is 112. The second kappa shape index (κ2) is 32.3. The number of alkyl halides is 2. The molecular formula is C79H70F2N11O13P. The second-order valence-corrected chi connectivity index (χ2v) is 25.7. The van der Waals surface area contributed by atoms with E-state index in [1.807, 2.05) is 133 Å². The highest BCUT2D eigenvalue weighted by atomic mass is 31.2. The van der Waals surface area contributed by atoms with Crippen molar-refractivity contribution in [2.45, 2.75) is 66.8 Å². The number of nitrogens with zero attached hydrogens (tertiary/aromatic N) is 9. The number of ether oxygens (including phenoxy) is 8. The van der Waals surface area contributed by atoms with Crippen molar-refractivity contribution in [2.75, 3.05) is 58.9 Å². The molecule has 0 bridgehead atoms. The van der Waals surface area contributed by atoms with Gasteiger partial charge < -0.3 is 62.1 Å². The maximum absolute atomic E-state index is 19.0. The number of imidazole rings is 2. The van der Waals surface area contributed by atoms with Gasteiger partial charge in [0.05, 0.1) is 73.4 Å². The van der Waals surface area contributed by atoms with Gasteiger partial charge in [-0.2, -0.15) is 5.26 Å². The summed E-state index contributed by atoms with van der Waals surface area (Å²) in [7, 11) is 3.41. The monoisotopic (exact) mass is 1450 g/mol. The van der Waals surface area contributed by atoms with E-state index in [0.717, 1.165) is 0 Å². The summed E-state index contributed by atoms with van der Waals surface area (Å²) in [5.74, 6) is 1.40. The first kappa shape index (κ1) is 71.5. The number of amides is 2. The minimum atomic E-state index is -2.82. The maximum Gasteiger partial charge on any atom is 0.333 e. The van der Waals surface area contributed by atoms with E-state index in [1.165, 1.54) is 34.4 Å². The minimum Gasteiger partial charge on any atom is -0.497 e. The summed E-state index contributed by atoms with van der Waals surface area (Å²) in [5, 5.41) is 15.6. The summed E-state index contributed by atoms with van der Waals surface area (Å²) >= 11 is 0. The third kappa shape index (κ3) is 14.5. The molecule has 538 valence electrons. The predicted molar refractivity (Wildman–Crippen MR) is 386 cm³/mol. The predicted octanol–water partition coefficient (Wildman–Crippen LogP) is 13.6. The van der Waals surface area contributed by atoms with E-state index < -0.39 is 94.0 Å². The lowest BCUT2D eigenvalue weighted by Crippen LogP contribution is -2.43. The van der Waals surface area contributed by atoms with Crippen LogP contribution in [-0.2, 0) is 43.7 Å². The Balaban J connectivity index is 0.846. The number of hydrogen-bond donors (Lipinski definition) is 2. The zero-order chi connectivity index (χ0) is 73.2. The number of aromatic nitrogens is 8. The van der Waals surface area contributed by atoms with Crippen LogP contribution in [0.2, 0.25) is 0 Å². The van der Waals surface area contributed by atoms with E-state index in [1.54, 1.807) is 113 Å². The van der Waals surface area contributed by atoms with Gasteiger partial charge in [-0.25, -0.2) is 38.7 Å². The number of carbonyl (C=O) groups is 2. The fourth-order valence-corrected chi connectivity index (χ4v) is 14.3. The molecule has 8 aromatic carbocycles. The van der Waals surface area contributed by atoms with E-state index in [2.05, 4.69) is 41.6 Å². The van der Waals surface area contributed by atoms with Crippen molar-refractivity contribution >= 4 is 54.4 Å². The molecule has 2 aliphatic heterocycles. The Bertz CT molecular complexity index is 4910.